The third-order valence-corrected chi connectivity index (χ3v) is 4.64. The highest BCUT2D eigenvalue weighted by Gasteiger charge is 2.30. The Morgan fingerprint density at radius 1 is 1.38 bits per heavy atom. The highest BCUT2D eigenvalue weighted by Crippen LogP contribution is 2.23. The second-order valence-corrected chi connectivity index (χ2v) is 7.34. The molecule has 0 aliphatic carbocycles. The molecule has 1 fully saturated rings. The summed E-state index contributed by atoms with van der Waals surface area (Å²) in [5, 5.41) is 6.82. The summed E-state index contributed by atoms with van der Waals surface area (Å²) < 4.78 is 0. The average molecular weight is 428 g/mol. The summed E-state index contributed by atoms with van der Waals surface area (Å²) in [6, 6.07) is 0. The lowest BCUT2D eigenvalue weighted by molar-refractivity contribution is 0.0739. The summed E-state index contributed by atoms with van der Waals surface area (Å²) >= 11 is 1.85. The van der Waals surface area contributed by atoms with Gasteiger partial charge in [-0.3, -0.25) is 9.89 Å². The number of aliphatic imine (C=N–C) groups is 1. The SMILES string of the molecule is CN=C(NCCSC)NCC(C)(C)N1CCCC(C)C1.I. The summed E-state index contributed by atoms with van der Waals surface area (Å²) in [4.78, 5) is 6.90. The van der Waals surface area contributed by atoms with Crippen LogP contribution in [-0.4, -0.2) is 61.6 Å². The lowest BCUT2D eigenvalue weighted by Gasteiger charge is -2.43. The first kappa shape index (κ1) is 21.3. The molecule has 0 saturated carbocycles. The normalized spacial score (nSPS) is 20.8. The van der Waals surface area contributed by atoms with Crippen LogP contribution in [0.3, 0.4) is 0 Å². The molecule has 0 spiro atoms. The first-order chi connectivity index (χ1) is 9.49. The van der Waals surface area contributed by atoms with Crippen molar-refractivity contribution in [2.24, 2.45) is 10.9 Å². The Morgan fingerprint density at radius 2 is 2.10 bits per heavy atom. The Hall–Kier alpha value is 0.310. The maximum Gasteiger partial charge on any atom is 0.191 e. The number of likely N-dealkylation sites (tertiary alicyclic amines) is 1. The van der Waals surface area contributed by atoms with E-state index >= 15 is 0 Å². The number of halogens is 1. The van der Waals surface area contributed by atoms with E-state index in [9.17, 15) is 0 Å². The summed E-state index contributed by atoms with van der Waals surface area (Å²) in [6.07, 6.45) is 4.82. The summed E-state index contributed by atoms with van der Waals surface area (Å²) in [5.74, 6) is 2.84. The topological polar surface area (TPSA) is 39.7 Å². The van der Waals surface area contributed by atoms with Crippen molar-refractivity contribution in [2.45, 2.75) is 39.2 Å². The van der Waals surface area contributed by atoms with Crippen LogP contribution in [0.2, 0.25) is 0 Å². The average Bonchev–Trinajstić information content (AvgIpc) is 2.42. The van der Waals surface area contributed by atoms with Crippen molar-refractivity contribution < 1.29 is 0 Å². The van der Waals surface area contributed by atoms with Crippen molar-refractivity contribution >= 4 is 41.7 Å². The van der Waals surface area contributed by atoms with Crippen molar-refractivity contribution in [3.63, 3.8) is 0 Å². The number of hydrogen-bond acceptors (Lipinski definition) is 3. The zero-order valence-corrected chi connectivity index (χ0v) is 17.4. The predicted molar refractivity (Wildman–Crippen MR) is 107 cm³/mol. The van der Waals surface area contributed by atoms with Crippen LogP contribution in [-0.2, 0) is 0 Å². The van der Waals surface area contributed by atoms with Gasteiger partial charge in [0.15, 0.2) is 5.96 Å². The molecule has 21 heavy (non-hydrogen) atoms. The molecule has 1 aliphatic heterocycles. The summed E-state index contributed by atoms with van der Waals surface area (Å²) in [6.45, 7) is 11.3. The number of piperidine rings is 1. The summed E-state index contributed by atoms with van der Waals surface area (Å²) in [5.41, 5.74) is 0.172. The zero-order valence-electron chi connectivity index (χ0n) is 14.2. The van der Waals surface area contributed by atoms with Gasteiger partial charge in [-0.05, 0) is 45.4 Å². The van der Waals surface area contributed by atoms with Crippen LogP contribution in [0.25, 0.3) is 0 Å². The van der Waals surface area contributed by atoms with Gasteiger partial charge in [0.2, 0.25) is 0 Å². The predicted octanol–water partition coefficient (Wildman–Crippen LogP) is 2.64. The monoisotopic (exact) mass is 428 g/mol. The van der Waals surface area contributed by atoms with Gasteiger partial charge in [-0.25, -0.2) is 0 Å². The molecule has 2 N–H and O–H groups in total. The largest absolute Gasteiger partial charge is 0.356 e. The van der Waals surface area contributed by atoms with E-state index in [0.717, 1.165) is 30.7 Å². The van der Waals surface area contributed by atoms with Gasteiger partial charge in [-0.2, -0.15) is 11.8 Å². The van der Waals surface area contributed by atoms with Crippen LogP contribution in [0.5, 0.6) is 0 Å². The van der Waals surface area contributed by atoms with E-state index in [1.165, 1.54) is 25.9 Å². The molecule has 0 aromatic heterocycles. The van der Waals surface area contributed by atoms with Crippen molar-refractivity contribution in [3.05, 3.63) is 0 Å². The fraction of sp³-hybridized carbons (Fsp3) is 0.933. The van der Waals surface area contributed by atoms with E-state index in [1.54, 1.807) is 0 Å². The molecule has 0 radical (unpaired) electrons. The Balaban J connectivity index is 0.00000400. The minimum absolute atomic E-state index is 0. The van der Waals surface area contributed by atoms with Crippen LogP contribution in [0.15, 0.2) is 4.99 Å². The smallest absolute Gasteiger partial charge is 0.191 e. The van der Waals surface area contributed by atoms with Gasteiger partial charge in [0.1, 0.15) is 0 Å². The number of guanidine groups is 1. The molecule has 1 unspecified atom stereocenters. The molecule has 1 atom stereocenters. The quantitative estimate of drug-likeness (QED) is 0.295. The maximum atomic E-state index is 4.29. The number of hydrogen-bond donors (Lipinski definition) is 2. The van der Waals surface area contributed by atoms with Crippen molar-refractivity contribution in [1.29, 1.82) is 0 Å². The third-order valence-electron chi connectivity index (χ3n) is 4.02. The molecule has 0 aromatic carbocycles. The van der Waals surface area contributed by atoms with Gasteiger partial charge in [-0.15, -0.1) is 24.0 Å². The number of nitrogens with one attached hydrogen (secondary N) is 2. The lowest BCUT2D eigenvalue weighted by Crippen LogP contribution is -2.56. The van der Waals surface area contributed by atoms with Crippen LogP contribution in [0.4, 0.5) is 0 Å². The molecule has 4 nitrogen and oxygen atoms in total. The first-order valence-electron chi connectivity index (χ1n) is 7.68. The molecular weight excluding hydrogens is 395 g/mol. The van der Waals surface area contributed by atoms with Crippen molar-refractivity contribution in [3.8, 4) is 0 Å². The van der Waals surface area contributed by atoms with Gasteiger partial charge >= 0.3 is 0 Å². The number of rotatable bonds is 6. The van der Waals surface area contributed by atoms with Gasteiger partial charge in [0.25, 0.3) is 0 Å². The highest BCUT2D eigenvalue weighted by atomic mass is 127. The molecule has 1 aliphatic rings. The van der Waals surface area contributed by atoms with E-state index in [1.807, 2.05) is 18.8 Å². The van der Waals surface area contributed by atoms with E-state index in [-0.39, 0.29) is 29.5 Å². The number of thioether (sulfide) groups is 1. The molecule has 1 saturated heterocycles. The van der Waals surface area contributed by atoms with Gasteiger partial charge in [0, 0.05) is 38.0 Å². The first-order valence-corrected chi connectivity index (χ1v) is 9.07. The molecule has 0 bridgehead atoms. The molecule has 0 aromatic rings. The highest BCUT2D eigenvalue weighted by molar-refractivity contribution is 14.0. The Bertz CT molecular complexity index is 310. The van der Waals surface area contributed by atoms with Crippen LogP contribution in [0, 0.1) is 5.92 Å². The molecule has 126 valence electrons. The van der Waals surface area contributed by atoms with Gasteiger partial charge in [0.05, 0.1) is 0 Å². The van der Waals surface area contributed by atoms with E-state index in [2.05, 4.69) is 47.6 Å². The van der Waals surface area contributed by atoms with Gasteiger partial charge in [-0.1, -0.05) is 6.92 Å². The fourth-order valence-corrected chi connectivity index (χ4v) is 2.95. The Labute approximate surface area is 152 Å². The number of nitrogens with zero attached hydrogens (tertiary/aromatic N) is 2. The second kappa shape index (κ2) is 10.9. The molecule has 6 heteroatoms. The van der Waals surface area contributed by atoms with E-state index < -0.39 is 0 Å². The molecule has 1 heterocycles. The van der Waals surface area contributed by atoms with Crippen LogP contribution < -0.4 is 10.6 Å². The second-order valence-electron chi connectivity index (χ2n) is 6.35. The van der Waals surface area contributed by atoms with Gasteiger partial charge < -0.3 is 10.6 Å². The van der Waals surface area contributed by atoms with E-state index in [0.29, 0.717) is 0 Å². The lowest BCUT2D eigenvalue weighted by atomic mass is 9.93. The molecule has 0 amide bonds. The molecule has 1 rings (SSSR count). The Morgan fingerprint density at radius 3 is 2.67 bits per heavy atom. The van der Waals surface area contributed by atoms with Crippen molar-refractivity contribution in [1.82, 2.24) is 15.5 Å². The van der Waals surface area contributed by atoms with Crippen LogP contribution in [0.1, 0.15) is 33.6 Å². The summed E-state index contributed by atoms with van der Waals surface area (Å²) in [7, 11) is 1.84. The zero-order chi connectivity index (χ0) is 15.0. The minimum atomic E-state index is 0. The standard InChI is InChI=1S/C15H32N4S.HI/c1-13-7-6-9-19(11-13)15(2,3)12-18-14(16-4)17-8-10-20-5;/h13H,6-12H2,1-5H3,(H2,16,17,18);1H. The molecular formula is C15H33IN4S. The Kier molecular flexibility index (Phi) is 11.1. The van der Waals surface area contributed by atoms with Crippen LogP contribution >= 0.6 is 35.7 Å². The maximum absolute atomic E-state index is 4.29. The fourth-order valence-electron chi connectivity index (χ4n) is 2.64. The van der Waals surface area contributed by atoms with Crippen molar-refractivity contribution in [2.75, 3.05) is 45.2 Å². The minimum Gasteiger partial charge on any atom is -0.356 e. The third kappa shape index (κ3) is 7.93. The van der Waals surface area contributed by atoms with E-state index in [4.69, 9.17) is 0 Å².